The van der Waals surface area contributed by atoms with Crippen LogP contribution in [0.4, 0.5) is 0 Å². The molecule has 1 N–H and O–H groups in total. The van der Waals surface area contributed by atoms with E-state index in [9.17, 15) is 9.90 Å². The molecule has 0 unspecified atom stereocenters. The van der Waals surface area contributed by atoms with Crippen molar-refractivity contribution in [3.05, 3.63) is 0 Å². The molecule has 144 valence electrons. The van der Waals surface area contributed by atoms with Gasteiger partial charge in [0.15, 0.2) is 0 Å². The number of cyclic esters (lactones) is 1. The van der Waals surface area contributed by atoms with Crippen molar-refractivity contribution in [2.45, 2.75) is 96.1 Å². The average Bonchev–Trinajstić information content (AvgIpc) is 2.88. The van der Waals surface area contributed by atoms with Gasteiger partial charge in [-0.05, 0) is 25.7 Å². The number of hydrogen-bond acceptors (Lipinski definition) is 3. The molecule has 0 radical (unpaired) electrons. The largest absolute Gasteiger partial charge is 0.461 e. The quantitative estimate of drug-likeness (QED) is 0.112. The second-order valence-corrected chi connectivity index (χ2v) is 13.9. The van der Waals surface area contributed by atoms with E-state index in [0.717, 1.165) is 30.1 Å². The van der Waals surface area contributed by atoms with Crippen LogP contribution in [0.15, 0.2) is 0 Å². The molecule has 0 aliphatic carbocycles. The number of aliphatic hydroxyl groups excluding tert-OH is 1. The molecule has 0 aromatic rings. The molecule has 1 aliphatic heterocycles. The Balaban J connectivity index is 1.97. The van der Waals surface area contributed by atoms with Crippen LogP contribution in [0.5, 0.6) is 0 Å². The van der Waals surface area contributed by atoms with Gasteiger partial charge in [0.1, 0.15) is 14.2 Å². The summed E-state index contributed by atoms with van der Waals surface area (Å²) < 4.78 is 6.12. The number of carbonyl (C=O) groups is 1. The molecule has 1 rings (SSSR count). The van der Waals surface area contributed by atoms with Crippen LogP contribution in [0.25, 0.3) is 0 Å². The Bertz CT molecular complexity index is 450. The highest BCUT2D eigenvalue weighted by Crippen LogP contribution is 2.27. The van der Waals surface area contributed by atoms with E-state index >= 15 is 0 Å². The van der Waals surface area contributed by atoms with Crippen molar-refractivity contribution in [1.29, 1.82) is 0 Å². The van der Waals surface area contributed by atoms with Crippen molar-refractivity contribution in [1.82, 2.24) is 0 Å². The van der Waals surface area contributed by atoms with Crippen LogP contribution in [0.3, 0.4) is 0 Å². The number of hydrogen-bond donors (Lipinski definition) is 1. The average molecular weight is 478 g/mol. The SMILES string of the molecule is C[Si](C)(C)C#CCCCCCCCC[C@@H](O)C[C@@H]1C[C@H](CI)OC1=O. The Morgan fingerprint density at radius 1 is 1.20 bits per heavy atom. The van der Waals surface area contributed by atoms with Crippen LogP contribution in [0.1, 0.15) is 64.2 Å². The number of ether oxygens (including phenoxy) is 1. The molecule has 25 heavy (non-hydrogen) atoms. The van der Waals surface area contributed by atoms with E-state index in [2.05, 4.69) is 53.7 Å². The Morgan fingerprint density at radius 2 is 1.84 bits per heavy atom. The van der Waals surface area contributed by atoms with Crippen LogP contribution in [0, 0.1) is 17.4 Å². The van der Waals surface area contributed by atoms with Crippen molar-refractivity contribution in [2.24, 2.45) is 5.92 Å². The van der Waals surface area contributed by atoms with E-state index in [0.29, 0.717) is 6.42 Å². The minimum Gasteiger partial charge on any atom is -0.461 e. The zero-order valence-corrected chi connectivity index (χ0v) is 19.3. The molecule has 1 fully saturated rings. The van der Waals surface area contributed by atoms with Crippen LogP contribution >= 0.6 is 22.6 Å². The van der Waals surface area contributed by atoms with Gasteiger partial charge in [-0.15, -0.1) is 11.5 Å². The van der Waals surface area contributed by atoms with E-state index in [-0.39, 0.29) is 24.1 Å². The summed E-state index contributed by atoms with van der Waals surface area (Å²) in [6, 6.07) is 0. The third-order valence-electron chi connectivity index (χ3n) is 4.44. The van der Waals surface area contributed by atoms with Crippen molar-refractivity contribution in [3.8, 4) is 11.5 Å². The van der Waals surface area contributed by atoms with Crippen molar-refractivity contribution < 1.29 is 14.6 Å². The highest BCUT2D eigenvalue weighted by molar-refractivity contribution is 14.1. The topological polar surface area (TPSA) is 46.5 Å². The summed E-state index contributed by atoms with van der Waals surface area (Å²) in [6.45, 7) is 6.85. The summed E-state index contributed by atoms with van der Waals surface area (Å²) in [5.74, 6) is 3.12. The Labute approximate surface area is 168 Å². The van der Waals surface area contributed by atoms with Crippen LogP contribution in [-0.2, 0) is 9.53 Å². The highest BCUT2D eigenvalue weighted by atomic mass is 127. The molecule has 3 nitrogen and oxygen atoms in total. The molecule has 0 bridgehead atoms. The standard InChI is InChI=1S/C20H35IO3Si/c1-25(2,3)13-11-9-7-5-4-6-8-10-12-18(22)14-17-15-19(16-21)24-20(17)23/h17-19,22H,4-10,12,14-16H2,1-3H3/t17-,18-,19-/m1/s1. The first-order valence-electron chi connectivity index (χ1n) is 9.76. The maximum atomic E-state index is 11.7. The van der Waals surface area contributed by atoms with Gasteiger partial charge in [-0.25, -0.2) is 0 Å². The number of alkyl halides is 1. The fourth-order valence-corrected chi connectivity index (χ4v) is 4.28. The summed E-state index contributed by atoms with van der Waals surface area (Å²) in [4.78, 5) is 11.7. The smallest absolute Gasteiger partial charge is 0.309 e. The molecule has 1 saturated heterocycles. The number of halogens is 1. The number of carbonyl (C=O) groups excluding carboxylic acids is 1. The number of unbranched alkanes of at least 4 members (excludes halogenated alkanes) is 6. The first-order valence-corrected chi connectivity index (χ1v) is 14.8. The van der Waals surface area contributed by atoms with Gasteiger partial charge in [-0.1, -0.05) is 74.3 Å². The highest BCUT2D eigenvalue weighted by Gasteiger charge is 2.34. The maximum Gasteiger partial charge on any atom is 0.309 e. The minimum absolute atomic E-state index is 0.0562. The van der Waals surface area contributed by atoms with Crippen molar-refractivity contribution >= 4 is 36.6 Å². The lowest BCUT2D eigenvalue weighted by Crippen LogP contribution is -2.17. The third kappa shape index (κ3) is 11.3. The number of esters is 1. The van der Waals surface area contributed by atoms with Gasteiger partial charge in [-0.2, -0.15) is 0 Å². The van der Waals surface area contributed by atoms with E-state index in [4.69, 9.17) is 4.74 Å². The van der Waals surface area contributed by atoms with Gasteiger partial charge >= 0.3 is 5.97 Å². The van der Waals surface area contributed by atoms with Crippen LogP contribution < -0.4 is 0 Å². The molecule has 0 aromatic heterocycles. The molecule has 1 aliphatic rings. The van der Waals surface area contributed by atoms with Crippen molar-refractivity contribution in [3.63, 3.8) is 0 Å². The molecule has 0 aromatic carbocycles. The maximum absolute atomic E-state index is 11.7. The molecule has 5 heteroatoms. The minimum atomic E-state index is -1.19. The molecule has 1 heterocycles. The molecule has 3 atom stereocenters. The zero-order chi connectivity index (χ0) is 18.7. The van der Waals surface area contributed by atoms with Crippen LogP contribution in [-0.4, -0.2) is 35.8 Å². The molecule has 0 saturated carbocycles. The Morgan fingerprint density at radius 3 is 2.44 bits per heavy atom. The first kappa shape index (κ1) is 23.0. The number of aliphatic hydroxyl groups is 1. The van der Waals surface area contributed by atoms with Gasteiger partial charge in [0.2, 0.25) is 0 Å². The van der Waals surface area contributed by atoms with E-state index in [1.165, 1.54) is 32.1 Å². The summed E-state index contributed by atoms with van der Waals surface area (Å²) in [5, 5.41) is 10.1. The Hall–Kier alpha value is -0.0631. The van der Waals surface area contributed by atoms with E-state index in [1.54, 1.807) is 0 Å². The van der Waals surface area contributed by atoms with Gasteiger partial charge in [0, 0.05) is 10.8 Å². The molecular weight excluding hydrogens is 443 g/mol. The summed E-state index contributed by atoms with van der Waals surface area (Å²) >= 11 is 2.25. The fraction of sp³-hybridized carbons (Fsp3) is 0.850. The summed E-state index contributed by atoms with van der Waals surface area (Å²) in [5.41, 5.74) is 3.41. The Kier molecular flexibility index (Phi) is 11.3. The van der Waals surface area contributed by atoms with Gasteiger partial charge < -0.3 is 9.84 Å². The van der Waals surface area contributed by atoms with E-state index in [1.807, 2.05) is 0 Å². The molecule has 0 spiro atoms. The zero-order valence-electron chi connectivity index (χ0n) is 16.2. The summed E-state index contributed by atoms with van der Waals surface area (Å²) in [6.07, 6.45) is 10.1. The predicted octanol–water partition coefficient (Wildman–Crippen LogP) is 5.11. The van der Waals surface area contributed by atoms with E-state index < -0.39 is 8.07 Å². The second-order valence-electron chi connectivity index (χ2n) is 8.25. The summed E-state index contributed by atoms with van der Waals surface area (Å²) in [7, 11) is -1.19. The number of rotatable bonds is 11. The lowest BCUT2D eigenvalue weighted by Gasteiger charge is -2.12. The lowest BCUT2D eigenvalue weighted by atomic mass is 9.95. The molecule has 0 amide bonds. The lowest BCUT2D eigenvalue weighted by molar-refractivity contribution is -0.144. The van der Waals surface area contributed by atoms with Gasteiger partial charge in [0.05, 0.1) is 12.0 Å². The fourth-order valence-electron chi connectivity index (χ4n) is 3.08. The predicted molar refractivity (Wildman–Crippen MR) is 116 cm³/mol. The van der Waals surface area contributed by atoms with Crippen LogP contribution in [0.2, 0.25) is 19.6 Å². The second kappa shape index (κ2) is 12.3. The monoisotopic (exact) mass is 478 g/mol. The van der Waals surface area contributed by atoms with Crippen molar-refractivity contribution in [2.75, 3.05) is 4.43 Å². The normalized spacial score (nSPS) is 21.6. The third-order valence-corrected chi connectivity index (χ3v) is 6.35. The van der Waals surface area contributed by atoms with Gasteiger partial charge in [0.25, 0.3) is 0 Å². The molecular formula is C20H35IO3Si. The first-order chi connectivity index (χ1) is 11.8. The van der Waals surface area contributed by atoms with Gasteiger partial charge in [-0.3, -0.25) is 4.79 Å².